The van der Waals surface area contributed by atoms with Crippen LogP contribution in [0, 0.1) is 0 Å². The molecular weight excluding hydrogens is 713 g/mol. The number of esters is 2. The molecule has 0 aliphatic heterocycles. The van der Waals surface area contributed by atoms with Gasteiger partial charge in [0.15, 0.2) is 6.10 Å². The van der Waals surface area contributed by atoms with E-state index in [1.54, 1.807) is 0 Å². The number of hydrogen-bond donors (Lipinski definition) is 2. The van der Waals surface area contributed by atoms with Gasteiger partial charge in [-0.3, -0.25) is 18.6 Å². The number of carbonyl (C=O) groups excluding carboxylic acids is 2. The molecule has 316 valence electrons. The van der Waals surface area contributed by atoms with Crippen LogP contribution < -0.4 is 5.73 Å². The van der Waals surface area contributed by atoms with Crippen molar-refractivity contribution in [1.82, 2.24) is 0 Å². The molecule has 9 nitrogen and oxygen atoms in total. The molecule has 0 aromatic heterocycles. The zero-order chi connectivity index (χ0) is 40.3. The first-order valence-electron chi connectivity index (χ1n) is 21.4. The van der Waals surface area contributed by atoms with Gasteiger partial charge in [-0.2, -0.15) is 0 Å². The lowest BCUT2D eigenvalue weighted by atomic mass is 10.1. The van der Waals surface area contributed by atoms with Gasteiger partial charge in [0, 0.05) is 19.4 Å². The average molecular weight is 792 g/mol. The van der Waals surface area contributed by atoms with Crippen molar-refractivity contribution in [1.29, 1.82) is 0 Å². The Hall–Kier alpha value is -2.55. The number of nitrogens with two attached hydrogens (primary N) is 1. The maximum atomic E-state index is 12.6. The number of phosphoric acid groups is 1. The molecule has 0 spiro atoms. The van der Waals surface area contributed by atoms with E-state index in [1.807, 2.05) is 0 Å². The van der Waals surface area contributed by atoms with Crippen molar-refractivity contribution in [3.8, 4) is 0 Å². The van der Waals surface area contributed by atoms with E-state index in [1.165, 1.54) is 51.4 Å². The third-order valence-electron chi connectivity index (χ3n) is 8.58. The van der Waals surface area contributed by atoms with Gasteiger partial charge in [-0.1, -0.05) is 145 Å². The fourth-order valence-corrected chi connectivity index (χ4v) is 6.18. The highest BCUT2D eigenvalue weighted by molar-refractivity contribution is 7.47. The van der Waals surface area contributed by atoms with Gasteiger partial charge in [0.2, 0.25) is 0 Å². The van der Waals surface area contributed by atoms with Crippen LogP contribution in [0.5, 0.6) is 0 Å². The molecule has 0 bridgehead atoms. The number of ether oxygens (including phenoxy) is 2. The fourth-order valence-electron chi connectivity index (χ4n) is 5.42. The Morgan fingerprint density at radius 3 is 1.53 bits per heavy atom. The van der Waals surface area contributed by atoms with E-state index in [9.17, 15) is 19.0 Å². The lowest BCUT2D eigenvalue weighted by molar-refractivity contribution is -0.161. The zero-order valence-corrected chi connectivity index (χ0v) is 35.5. The molecule has 0 aliphatic carbocycles. The Balaban J connectivity index is 4.24. The maximum absolute atomic E-state index is 12.6. The third-order valence-corrected chi connectivity index (χ3v) is 9.56. The second-order valence-corrected chi connectivity index (χ2v) is 15.3. The quantitative estimate of drug-likeness (QED) is 0.0270. The molecule has 0 saturated carbocycles. The van der Waals surface area contributed by atoms with Gasteiger partial charge >= 0.3 is 19.8 Å². The highest BCUT2D eigenvalue weighted by Gasteiger charge is 2.26. The van der Waals surface area contributed by atoms with E-state index in [2.05, 4.69) is 86.8 Å². The van der Waals surface area contributed by atoms with E-state index in [0.717, 1.165) is 77.0 Å². The van der Waals surface area contributed by atoms with Gasteiger partial charge < -0.3 is 20.1 Å². The Morgan fingerprint density at radius 2 is 1.00 bits per heavy atom. The highest BCUT2D eigenvalue weighted by atomic mass is 31.2. The van der Waals surface area contributed by atoms with E-state index in [4.69, 9.17) is 24.3 Å². The van der Waals surface area contributed by atoms with Crippen LogP contribution in [0.4, 0.5) is 0 Å². The van der Waals surface area contributed by atoms with Crippen LogP contribution in [0.3, 0.4) is 0 Å². The zero-order valence-electron chi connectivity index (χ0n) is 34.6. The van der Waals surface area contributed by atoms with Crippen molar-refractivity contribution in [3.05, 3.63) is 72.9 Å². The summed E-state index contributed by atoms with van der Waals surface area (Å²) in [6.45, 7) is 3.55. The van der Waals surface area contributed by atoms with Crippen molar-refractivity contribution in [2.75, 3.05) is 26.4 Å². The van der Waals surface area contributed by atoms with Crippen LogP contribution in [0.15, 0.2) is 72.9 Å². The molecule has 0 aliphatic rings. The molecule has 0 heterocycles. The standard InChI is InChI=1S/C45H78NO8P/c1-3-5-7-9-11-13-15-17-19-20-21-22-24-25-27-29-31-33-35-37-44(47)51-41-43(42-53-55(49,50)52-40-39-46)54-45(48)38-36-34-32-30-28-26-23-18-16-14-12-10-8-6-4-2/h5,7,11,13-14,16-17,19,21-22,25,27,43H,3-4,6,8-10,12,15,18,20,23-24,26,28-42,46H2,1-2H3,(H,49,50)/b7-5-,13-11-,16-14-,19-17-,22-21-,27-25-/t43-/m1/s1. The SMILES string of the molecule is CC/C=C\C/C=C\C/C=C\C/C=C\C/C=C\CCCCCC(=O)OC[C@H](COP(=O)(O)OCCN)OC(=O)CCCCCCCCC/C=C\CCCCCC. The lowest BCUT2D eigenvalue weighted by Gasteiger charge is -2.19. The van der Waals surface area contributed by atoms with E-state index in [-0.39, 0.29) is 32.6 Å². The van der Waals surface area contributed by atoms with E-state index < -0.39 is 32.5 Å². The normalized spacial score (nSPS) is 14.0. The Bertz CT molecular complexity index is 1130. The molecule has 2 atom stereocenters. The fraction of sp³-hybridized carbons (Fsp3) is 0.689. The Kier molecular flexibility index (Phi) is 39.2. The number of phosphoric ester groups is 1. The average Bonchev–Trinajstić information content (AvgIpc) is 3.17. The molecule has 0 saturated heterocycles. The van der Waals surface area contributed by atoms with Crippen LogP contribution >= 0.6 is 7.82 Å². The van der Waals surface area contributed by atoms with Crippen molar-refractivity contribution < 1.29 is 37.6 Å². The second kappa shape index (κ2) is 41.1. The molecule has 55 heavy (non-hydrogen) atoms. The van der Waals surface area contributed by atoms with Gasteiger partial charge in [0.25, 0.3) is 0 Å². The van der Waals surface area contributed by atoms with Crippen LogP contribution in [0.25, 0.3) is 0 Å². The predicted molar refractivity (Wildman–Crippen MR) is 229 cm³/mol. The maximum Gasteiger partial charge on any atom is 0.472 e. The molecule has 0 fully saturated rings. The summed E-state index contributed by atoms with van der Waals surface area (Å²) < 4.78 is 32.7. The number of hydrogen-bond acceptors (Lipinski definition) is 8. The Labute approximate surface area is 335 Å². The van der Waals surface area contributed by atoms with E-state index >= 15 is 0 Å². The van der Waals surface area contributed by atoms with Crippen LogP contribution in [0.1, 0.15) is 168 Å². The first-order chi connectivity index (χ1) is 26.8. The monoisotopic (exact) mass is 792 g/mol. The van der Waals surface area contributed by atoms with Gasteiger partial charge in [-0.05, 0) is 83.5 Å². The molecule has 0 aromatic rings. The molecule has 3 N–H and O–H groups in total. The van der Waals surface area contributed by atoms with E-state index in [0.29, 0.717) is 12.8 Å². The summed E-state index contributed by atoms with van der Waals surface area (Å²) in [5.74, 6) is -0.877. The van der Waals surface area contributed by atoms with Gasteiger partial charge in [-0.25, -0.2) is 4.57 Å². The number of allylic oxidation sites excluding steroid dienone is 12. The number of rotatable bonds is 39. The summed E-state index contributed by atoms with van der Waals surface area (Å²) in [5.41, 5.74) is 5.34. The molecule has 0 amide bonds. The topological polar surface area (TPSA) is 134 Å². The summed E-state index contributed by atoms with van der Waals surface area (Å²) in [6.07, 6.45) is 49.3. The van der Waals surface area contributed by atoms with Gasteiger partial charge in [0.05, 0.1) is 13.2 Å². The van der Waals surface area contributed by atoms with Crippen molar-refractivity contribution in [2.45, 2.75) is 174 Å². The number of unbranched alkanes of at least 4 members (excludes halogenated alkanes) is 14. The summed E-state index contributed by atoms with van der Waals surface area (Å²) in [6, 6.07) is 0. The largest absolute Gasteiger partial charge is 0.472 e. The highest BCUT2D eigenvalue weighted by Crippen LogP contribution is 2.43. The Morgan fingerprint density at radius 1 is 0.564 bits per heavy atom. The minimum atomic E-state index is -4.39. The van der Waals surface area contributed by atoms with Crippen LogP contribution in [-0.2, 0) is 32.7 Å². The second-order valence-electron chi connectivity index (χ2n) is 13.8. The summed E-state index contributed by atoms with van der Waals surface area (Å²) >= 11 is 0. The minimum absolute atomic E-state index is 0.0445. The molecule has 0 aromatic carbocycles. The predicted octanol–water partition coefficient (Wildman–Crippen LogP) is 12.3. The van der Waals surface area contributed by atoms with Crippen molar-refractivity contribution in [3.63, 3.8) is 0 Å². The molecule has 1 unspecified atom stereocenters. The van der Waals surface area contributed by atoms with Crippen LogP contribution in [0.2, 0.25) is 0 Å². The first-order valence-corrected chi connectivity index (χ1v) is 22.9. The lowest BCUT2D eigenvalue weighted by Crippen LogP contribution is -2.29. The third kappa shape index (κ3) is 40.9. The summed E-state index contributed by atoms with van der Waals surface area (Å²) in [7, 11) is -4.39. The molecular formula is C45H78NO8P. The molecule has 10 heteroatoms. The van der Waals surface area contributed by atoms with Crippen molar-refractivity contribution >= 4 is 19.8 Å². The minimum Gasteiger partial charge on any atom is -0.462 e. The van der Waals surface area contributed by atoms with Gasteiger partial charge in [0.1, 0.15) is 6.61 Å². The van der Waals surface area contributed by atoms with Crippen molar-refractivity contribution in [2.24, 2.45) is 5.73 Å². The summed E-state index contributed by atoms with van der Waals surface area (Å²) in [5, 5.41) is 0. The van der Waals surface area contributed by atoms with Gasteiger partial charge in [-0.15, -0.1) is 0 Å². The smallest absolute Gasteiger partial charge is 0.462 e. The molecule has 0 radical (unpaired) electrons. The first kappa shape index (κ1) is 52.5. The summed E-state index contributed by atoms with van der Waals surface area (Å²) in [4.78, 5) is 34.8. The number of carbonyl (C=O) groups is 2. The molecule has 0 rings (SSSR count). The van der Waals surface area contributed by atoms with Crippen LogP contribution in [-0.4, -0.2) is 49.3 Å².